The Labute approximate surface area is 129 Å². The summed E-state index contributed by atoms with van der Waals surface area (Å²) in [5, 5.41) is 8.34. The second kappa shape index (κ2) is 5.29. The van der Waals surface area contributed by atoms with Crippen molar-refractivity contribution in [3.05, 3.63) is 52.1 Å². The second-order valence-corrected chi connectivity index (χ2v) is 5.50. The lowest BCUT2D eigenvalue weighted by Gasteiger charge is -2.05. The van der Waals surface area contributed by atoms with Gasteiger partial charge in [-0.15, -0.1) is 10.2 Å². The molecule has 0 amide bonds. The van der Waals surface area contributed by atoms with Gasteiger partial charge in [-0.1, -0.05) is 22.0 Å². The summed E-state index contributed by atoms with van der Waals surface area (Å²) < 4.78 is 7.45. The van der Waals surface area contributed by atoms with Gasteiger partial charge in [-0.25, -0.2) is 4.79 Å². The van der Waals surface area contributed by atoms with Gasteiger partial charge in [0.25, 0.3) is 0 Å². The standard InChI is InChI=1S/C15H12BrN3O2/c1-9-3-5-11(12(16)7-9)14-18-17-13-6-4-10(8-19(13)14)15(20)21-2/h3-8H,1-2H3. The first-order chi connectivity index (χ1) is 10.1. The molecule has 0 atom stereocenters. The normalized spacial score (nSPS) is 10.8. The van der Waals surface area contributed by atoms with Gasteiger partial charge in [0.2, 0.25) is 0 Å². The molecule has 0 unspecified atom stereocenters. The van der Waals surface area contributed by atoms with Crippen LogP contribution in [0.2, 0.25) is 0 Å². The van der Waals surface area contributed by atoms with E-state index in [2.05, 4.69) is 26.1 Å². The van der Waals surface area contributed by atoms with Crippen LogP contribution in [-0.4, -0.2) is 27.7 Å². The van der Waals surface area contributed by atoms with Crippen LogP contribution in [0.15, 0.2) is 41.0 Å². The van der Waals surface area contributed by atoms with E-state index >= 15 is 0 Å². The first-order valence-corrected chi connectivity index (χ1v) is 7.09. The van der Waals surface area contributed by atoms with Gasteiger partial charge in [0.15, 0.2) is 11.5 Å². The van der Waals surface area contributed by atoms with Crippen LogP contribution in [0.3, 0.4) is 0 Å². The molecule has 21 heavy (non-hydrogen) atoms. The molecule has 0 fully saturated rings. The number of ether oxygens (including phenoxy) is 1. The molecule has 0 aliphatic heterocycles. The van der Waals surface area contributed by atoms with Gasteiger partial charge in [0.05, 0.1) is 12.7 Å². The van der Waals surface area contributed by atoms with Crippen molar-refractivity contribution in [1.29, 1.82) is 0 Å². The van der Waals surface area contributed by atoms with Gasteiger partial charge in [-0.05, 0) is 36.8 Å². The largest absolute Gasteiger partial charge is 0.465 e. The maximum absolute atomic E-state index is 11.7. The number of rotatable bonds is 2. The van der Waals surface area contributed by atoms with Crippen molar-refractivity contribution in [1.82, 2.24) is 14.6 Å². The van der Waals surface area contributed by atoms with Crippen molar-refractivity contribution in [3.63, 3.8) is 0 Å². The molecule has 106 valence electrons. The average Bonchev–Trinajstić information content (AvgIpc) is 2.89. The predicted molar refractivity (Wildman–Crippen MR) is 82.2 cm³/mol. The number of aromatic nitrogens is 3. The molecule has 3 aromatic rings. The minimum absolute atomic E-state index is 0.389. The minimum atomic E-state index is -0.389. The number of benzene rings is 1. The summed E-state index contributed by atoms with van der Waals surface area (Å²) in [6.45, 7) is 2.02. The highest BCUT2D eigenvalue weighted by Crippen LogP contribution is 2.28. The quantitative estimate of drug-likeness (QED) is 0.669. The Balaban J connectivity index is 2.20. The highest BCUT2D eigenvalue weighted by molar-refractivity contribution is 9.10. The van der Waals surface area contributed by atoms with Crippen molar-refractivity contribution in [2.24, 2.45) is 0 Å². The smallest absolute Gasteiger partial charge is 0.339 e. The second-order valence-electron chi connectivity index (χ2n) is 4.64. The maximum atomic E-state index is 11.7. The molecule has 3 rings (SSSR count). The highest BCUT2D eigenvalue weighted by atomic mass is 79.9. The van der Waals surface area contributed by atoms with Gasteiger partial charge in [-0.2, -0.15) is 0 Å². The average molecular weight is 346 g/mol. The van der Waals surface area contributed by atoms with E-state index in [1.807, 2.05) is 25.1 Å². The fourth-order valence-corrected chi connectivity index (χ4v) is 2.79. The summed E-state index contributed by atoms with van der Waals surface area (Å²) in [6, 6.07) is 9.40. The van der Waals surface area contributed by atoms with Gasteiger partial charge < -0.3 is 4.74 Å². The summed E-state index contributed by atoms with van der Waals surface area (Å²) >= 11 is 3.54. The van der Waals surface area contributed by atoms with Crippen molar-refractivity contribution in [3.8, 4) is 11.4 Å². The van der Waals surface area contributed by atoms with Crippen LogP contribution in [0.4, 0.5) is 0 Å². The van der Waals surface area contributed by atoms with Crippen molar-refractivity contribution in [2.75, 3.05) is 7.11 Å². The Bertz CT molecular complexity index is 842. The van der Waals surface area contributed by atoms with Gasteiger partial charge in [0, 0.05) is 16.2 Å². The number of nitrogens with zero attached hydrogens (tertiary/aromatic N) is 3. The number of halogens is 1. The third-order valence-corrected chi connectivity index (χ3v) is 3.85. The molecule has 6 heteroatoms. The fraction of sp³-hybridized carbons (Fsp3) is 0.133. The molecule has 0 aliphatic carbocycles. The number of aryl methyl sites for hydroxylation is 1. The summed E-state index contributed by atoms with van der Waals surface area (Å²) in [6.07, 6.45) is 1.68. The van der Waals surface area contributed by atoms with Gasteiger partial charge >= 0.3 is 5.97 Å². The monoisotopic (exact) mass is 345 g/mol. The number of esters is 1. The molecule has 0 saturated carbocycles. The molecule has 0 saturated heterocycles. The maximum Gasteiger partial charge on any atom is 0.339 e. The highest BCUT2D eigenvalue weighted by Gasteiger charge is 2.14. The first-order valence-electron chi connectivity index (χ1n) is 6.30. The van der Waals surface area contributed by atoms with E-state index in [4.69, 9.17) is 4.74 Å². The van der Waals surface area contributed by atoms with Crippen LogP contribution < -0.4 is 0 Å². The number of hydrogen-bond donors (Lipinski definition) is 0. The lowest BCUT2D eigenvalue weighted by molar-refractivity contribution is 0.0600. The number of pyridine rings is 1. The van der Waals surface area contributed by atoms with Gasteiger partial charge in [0.1, 0.15) is 0 Å². The molecular weight excluding hydrogens is 334 g/mol. The molecule has 0 aliphatic rings. The Morgan fingerprint density at radius 1 is 1.24 bits per heavy atom. The van der Waals surface area contributed by atoms with E-state index in [-0.39, 0.29) is 5.97 Å². The molecular formula is C15H12BrN3O2. The number of hydrogen-bond acceptors (Lipinski definition) is 4. The number of methoxy groups -OCH3 is 1. The molecule has 5 nitrogen and oxygen atoms in total. The van der Waals surface area contributed by atoms with Crippen molar-refractivity contribution < 1.29 is 9.53 Å². The number of carbonyl (C=O) groups is 1. The molecule has 2 heterocycles. The topological polar surface area (TPSA) is 56.5 Å². The molecule has 1 aromatic carbocycles. The summed E-state index contributed by atoms with van der Waals surface area (Å²) in [7, 11) is 1.36. The fourth-order valence-electron chi connectivity index (χ4n) is 2.11. The van der Waals surface area contributed by atoms with E-state index in [1.54, 1.807) is 22.7 Å². The zero-order valence-corrected chi connectivity index (χ0v) is 13.1. The molecule has 0 N–H and O–H groups in total. The Kier molecular flexibility index (Phi) is 3.47. The lowest BCUT2D eigenvalue weighted by atomic mass is 10.1. The molecule has 0 radical (unpaired) electrons. The predicted octanol–water partition coefficient (Wildman–Crippen LogP) is 3.25. The van der Waals surface area contributed by atoms with E-state index < -0.39 is 0 Å². The Hall–Kier alpha value is -2.21. The minimum Gasteiger partial charge on any atom is -0.465 e. The van der Waals surface area contributed by atoms with E-state index in [1.165, 1.54) is 7.11 Å². The van der Waals surface area contributed by atoms with Gasteiger partial charge in [-0.3, -0.25) is 4.40 Å². The van der Waals surface area contributed by atoms with Crippen LogP contribution >= 0.6 is 15.9 Å². The van der Waals surface area contributed by atoms with E-state index in [9.17, 15) is 4.79 Å². The molecule has 2 aromatic heterocycles. The van der Waals surface area contributed by atoms with Crippen LogP contribution in [0.1, 0.15) is 15.9 Å². The molecule has 0 spiro atoms. The zero-order chi connectivity index (χ0) is 15.0. The van der Waals surface area contributed by atoms with Crippen molar-refractivity contribution >= 4 is 27.5 Å². The van der Waals surface area contributed by atoms with E-state index in [0.29, 0.717) is 17.0 Å². The summed E-state index contributed by atoms with van der Waals surface area (Å²) in [5.74, 6) is 0.280. The summed E-state index contributed by atoms with van der Waals surface area (Å²) in [4.78, 5) is 11.7. The van der Waals surface area contributed by atoms with Crippen LogP contribution in [-0.2, 0) is 4.74 Å². The number of carbonyl (C=O) groups excluding carboxylic acids is 1. The van der Waals surface area contributed by atoms with Crippen LogP contribution in [0.5, 0.6) is 0 Å². The zero-order valence-electron chi connectivity index (χ0n) is 11.5. The number of fused-ring (bicyclic) bond motifs is 1. The third kappa shape index (κ3) is 2.42. The third-order valence-electron chi connectivity index (χ3n) is 3.19. The molecule has 0 bridgehead atoms. The van der Waals surface area contributed by atoms with Crippen LogP contribution in [0.25, 0.3) is 17.0 Å². The first kappa shape index (κ1) is 13.8. The summed E-state index contributed by atoms with van der Waals surface area (Å²) in [5.41, 5.74) is 3.18. The lowest BCUT2D eigenvalue weighted by Crippen LogP contribution is -2.03. The Morgan fingerprint density at radius 2 is 2.05 bits per heavy atom. The van der Waals surface area contributed by atoms with E-state index in [0.717, 1.165) is 15.6 Å². The Morgan fingerprint density at radius 3 is 2.76 bits per heavy atom. The SMILES string of the molecule is COC(=O)c1ccc2nnc(-c3ccc(C)cc3Br)n2c1. The van der Waals surface area contributed by atoms with Crippen molar-refractivity contribution in [2.45, 2.75) is 6.92 Å². The van der Waals surface area contributed by atoms with Crippen LogP contribution in [0, 0.1) is 6.92 Å².